The molecule has 2 atom stereocenters. The van der Waals surface area contributed by atoms with E-state index in [1.807, 2.05) is 0 Å². The van der Waals surface area contributed by atoms with Gasteiger partial charge in [0.05, 0.1) is 13.2 Å². The molecule has 62 valence electrons. The second kappa shape index (κ2) is 2.91. The third kappa shape index (κ3) is 1.79. The molecule has 0 N–H and O–H groups in total. The normalized spacial score (nSPS) is 36.2. The van der Waals surface area contributed by atoms with Crippen LogP contribution in [0.4, 0.5) is 0 Å². The molecule has 1 heterocycles. The minimum Gasteiger partial charge on any atom is -0.371 e. The van der Waals surface area contributed by atoms with Gasteiger partial charge in [-0.25, -0.2) is 0 Å². The molecule has 0 radical (unpaired) electrons. The molecule has 0 aromatic carbocycles. The molecule has 1 aliphatic heterocycles. The maximum atomic E-state index is 11.0. The lowest BCUT2D eigenvalue weighted by Crippen LogP contribution is -2.19. The van der Waals surface area contributed by atoms with Crippen molar-refractivity contribution in [2.24, 2.45) is 0 Å². The number of epoxide rings is 1. The predicted molar refractivity (Wildman–Crippen MR) is 38.3 cm³/mol. The maximum absolute atomic E-state index is 11.0. The van der Waals surface area contributed by atoms with Crippen LogP contribution >= 0.6 is 0 Å². The first-order chi connectivity index (χ1) is 5.36. The summed E-state index contributed by atoms with van der Waals surface area (Å²) in [5.41, 5.74) is 0. The van der Waals surface area contributed by atoms with Crippen molar-refractivity contribution in [3.8, 4) is 0 Å². The monoisotopic (exact) mass is 156 g/mol. The van der Waals surface area contributed by atoms with Gasteiger partial charge in [-0.15, -0.1) is 0 Å². The van der Waals surface area contributed by atoms with Gasteiger partial charge in [-0.3, -0.25) is 4.79 Å². The van der Waals surface area contributed by atoms with Gasteiger partial charge in [0.1, 0.15) is 12.2 Å². The average molecular weight is 156 g/mol. The van der Waals surface area contributed by atoms with E-state index >= 15 is 0 Å². The minimum absolute atomic E-state index is 0.112. The highest BCUT2D eigenvalue weighted by atomic mass is 16.6. The van der Waals surface area contributed by atoms with E-state index in [1.54, 1.807) is 0 Å². The second-order valence-corrected chi connectivity index (χ2v) is 3.14. The van der Waals surface area contributed by atoms with Crippen molar-refractivity contribution in [1.82, 2.24) is 0 Å². The van der Waals surface area contributed by atoms with E-state index in [2.05, 4.69) is 0 Å². The standard InChI is InChI=1S/C8H12O3/c9-7-2-1-3-8(7)11-5-6-4-10-6/h6,8H,1-5H2. The van der Waals surface area contributed by atoms with Crippen LogP contribution < -0.4 is 0 Å². The summed E-state index contributed by atoms with van der Waals surface area (Å²) in [6.45, 7) is 1.41. The topological polar surface area (TPSA) is 38.8 Å². The third-order valence-corrected chi connectivity index (χ3v) is 2.13. The molecular weight excluding hydrogens is 144 g/mol. The molecule has 2 rings (SSSR count). The fourth-order valence-corrected chi connectivity index (χ4v) is 1.35. The Labute approximate surface area is 65.7 Å². The van der Waals surface area contributed by atoms with Gasteiger partial charge in [0.25, 0.3) is 0 Å². The summed E-state index contributed by atoms with van der Waals surface area (Å²) in [4.78, 5) is 11.0. The first-order valence-corrected chi connectivity index (χ1v) is 4.12. The van der Waals surface area contributed by atoms with Crippen molar-refractivity contribution in [2.45, 2.75) is 31.5 Å². The molecule has 3 nitrogen and oxygen atoms in total. The van der Waals surface area contributed by atoms with Gasteiger partial charge in [0.2, 0.25) is 0 Å². The van der Waals surface area contributed by atoms with Gasteiger partial charge in [0, 0.05) is 6.42 Å². The number of carbonyl (C=O) groups excluding carboxylic acids is 1. The highest BCUT2D eigenvalue weighted by Crippen LogP contribution is 2.19. The van der Waals surface area contributed by atoms with Crippen molar-refractivity contribution < 1.29 is 14.3 Å². The molecule has 3 heteroatoms. The molecule has 2 fully saturated rings. The highest BCUT2D eigenvalue weighted by molar-refractivity contribution is 5.84. The van der Waals surface area contributed by atoms with Crippen molar-refractivity contribution in [1.29, 1.82) is 0 Å². The zero-order chi connectivity index (χ0) is 7.68. The number of ether oxygens (including phenoxy) is 2. The number of carbonyl (C=O) groups is 1. The maximum Gasteiger partial charge on any atom is 0.161 e. The van der Waals surface area contributed by atoms with Crippen molar-refractivity contribution in [2.75, 3.05) is 13.2 Å². The predicted octanol–water partition coefficient (Wildman–Crippen LogP) is 0.523. The fourth-order valence-electron chi connectivity index (χ4n) is 1.35. The zero-order valence-corrected chi connectivity index (χ0v) is 6.41. The van der Waals surface area contributed by atoms with Crippen LogP contribution in [-0.4, -0.2) is 31.2 Å². The summed E-state index contributed by atoms with van der Waals surface area (Å²) in [6.07, 6.45) is 2.78. The second-order valence-electron chi connectivity index (χ2n) is 3.14. The van der Waals surface area contributed by atoms with E-state index in [4.69, 9.17) is 9.47 Å². The molecule has 11 heavy (non-hydrogen) atoms. The van der Waals surface area contributed by atoms with Gasteiger partial charge in [-0.1, -0.05) is 0 Å². The molecule has 1 saturated carbocycles. The molecular formula is C8H12O3. The van der Waals surface area contributed by atoms with Crippen LogP contribution in [0.15, 0.2) is 0 Å². The summed E-state index contributed by atoms with van der Waals surface area (Å²) in [5.74, 6) is 0.269. The average Bonchev–Trinajstić information content (AvgIpc) is 2.73. The van der Waals surface area contributed by atoms with E-state index in [-0.39, 0.29) is 18.0 Å². The zero-order valence-electron chi connectivity index (χ0n) is 6.41. The summed E-state index contributed by atoms with van der Waals surface area (Å²) >= 11 is 0. The smallest absolute Gasteiger partial charge is 0.161 e. The van der Waals surface area contributed by atoms with Gasteiger partial charge < -0.3 is 9.47 Å². The largest absolute Gasteiger partial charge is 0.371 e. The molecule has 2 unspecified atom stereocenters. The van der Waals surface area contributed by atoms with Crippen LogP contribution in [0.2, 0.25) is 0 Å². The SMILES string of the molecule is O=C1CCCC1OCC1CO1. The lowest BCUT2D eigenvalue weighted by molar-refractivity contribution is -0.127. The Hall–Kier alpha value is -0.410. The van der Waals surface area contributed by atoms with Crippen LogP contribution in [0.1, 0.15) is 19.3 Å². The van der Waals surface area contributed by atoms with Crippen LogP contribution in [0.25, 0.3) is 0 Å². The van der Waals surface area contributed by atoms with Crippen LogP contribution in [0.5, 0.6) is 0 Å². The molecule has 0 aromatic heterocycles. The fraction of sp³-hybridized carbons (Fsp3) is 0.875. The lowest BCUT2D eigenvalue weighted by atomic mass is 10.3. The number of hydrogen-bond acceptors (Lipinski definition) is 3. The molecule has 2 aliphatic rings. The molecule has 0 aromatic rings. The van der Waals surface area contributed by atoms with E-state index in [1.165, 1.54) is 0 Å². The van der Waals surface area contributed by atoms with Gasteiger partial charge in [-0.05, 0) is 12.8 Å². The molecule has 0 amide bonds. The minimum atomic E-state index is -0.112. The quantitative estimate of drug-likeness (QED) is 0.559. The first kappa shape index (κ1) is 7.25. The Kier molecular flexibility index (Phi) is 1.92. The Morgan fingerprint density at radius 3 is 3.00 bits per heavy atom. The van der Waals surface area contributed by atoms with Gasteiger partial charge in [0.15, 0.2) is 5.78 Å². The Morgan fingerprint density at radius 2 is 2.45 bits per heavy atom. The van der Waals surface area contributed by atoms with Crippen molar-refractivity contribution >= 4 is 5.78 Å². The summed E-state index contributed by atoms with van der Waals surface area (Å²) in [6, 6.07) is 0. The summed E-state index contributed by atoms with van der Waals surface area (Å²) in [7, 11) is 0. The van der Waals surface area contributed by atoms with Gasteiger partial charge >= 0.3 is 0 Å². The highest BCUT2D eigenvalue weighted by Gasteiger charge is 2.29. The van der Waals surface area contributed by atoms with Crippen LogP contribution in [0, 0.1) is 0 Å². The van der Waals surface area contributed by atoms with E-state index < -0.39 is 0 Å². The molecule has 0 bridgehead atoms. The van der Waals surface area contributed by atoms with E-state index in [9.17, 15) is 4.79 Å². The van der Waals surface area contributed by atoms with Crippen molar-refractivity contribution in [3.05, 3.63) is 0 Å². The van der Waals surface area contributed by atoms with Crippen LogP contribution in [-0.2, 0) is 14.3 Å². The summed E-state index contributed by atoms with van der Waals surface area (Å²) < 4.78 is 10.3. The van der Waals surface area contributed by atoms with E-state index in [0.29, 0.717) is 13.0 Å². The third-order valence-electron chi connectivity index (χ3n) is 2.13. The van der Waals surface area contributed by atoms with Crippen molar-refractivity contribution in [3.63, 3.8) is 0 Å². The lowest BCUT2D eigenvalue weighted by Gasteiger charge is -2.07. The van der Waals surface area contributed by atoms with Gasteiger partial charge in [-0.2, -0.15) is 0 Å². The summed E-state index contributed by atoms with van der Waals surface area (Å²) in [5, 5.41) is 0. The number of rotatable bonds is 3. The van der Waals surface area contributed by atoms with Crippen LogP contribution in [0.3, 0.4) is 0 Å². The number of hydrogen-bond donors (Lipinski definition) is 0. The van der Waals surface area contributed by atoms with E-state index in [0.717, 1.165) is 19.4 Å². The molecule has 1 saturated heterocycles. The number of ketones is 1. The first-order valence-electron chi connectivity index (χ1n) is 4.12. The number of Topliss-reactive ketones (excluding diaryl/α,β-unsaturated/α-hetero) is 1. The molecule has 1 aliphatic carbocycles. The molecule has 0 spiro atoms. The Balaban J connectivity index is 1.71. The Morgan fingerprint density at radius 1 is 1.64 bits per heavy atom. The Bertz CT molecular complexity index is 163.